The van der Waals surface area contributed by atoms with E-state index < -0.39 is 0 Å². The second-order valence-corrected chi connectivity index (χ2v) is 4.23. The van der Waals surface area contributed by atoms with E-state index in [9.17, 15) is 4.79 Å². The summed E-state index contributed by atoms with van der Waals surface area (Å²) in [6, 6.07) is 7.87. The Hall–Kier alpha value is -1.35. The summed E-state index contributed by atoms with van der Waals surface area (Å²) in [7, 11) is 3.77. The molecule has 0 aromatic heterocycles. The van der Waals surface area contributed by atoms with E-state index in [1.165, 1.54) is 5.56 Å². The molecule has 0 aliphatic carbocycles. The van der Waals surface area contributed by atoms with Crippen molar-refractivity contribution in [1.29, 1.82) is 0 Å². The van der Waals surface area contributed by atoms with E-state index in [-0.39, 0.29) is 5.91 Å². The van der Waals surface area contributed by atoms with Crippen LogP contribution >= 0.6 is 0 Å². The van der Waals surface area contributed by atoms with E-state index in [4.69, 9.17) is 0 Å². The van der Waals surface area contributed by atoms with Crippen LogP contribution in [-0.2, 0) is 6.42 Å². The number of nitrogens with one attached hydrogen (secondary N) is 1. The number of benzene rings is 1. The highest BCUT2D eigenvalue weighted by atomic mass is 16.2. The zero-order chi connectivity index (χ0) is 12.7. The van der Waals surface area contributed by atoms with Crippen LogP contribution in [0.5, 0.6) is 0 Å². The number of amides is 1. The molecule has 0 heterocycles. The maximum Gasteiger partial charge on any atom is 0.253 e. The second kappa shape index (κ2) is 7.07. The number of carbonyl (C=O) groups is 1. The molecule has 0 aliphatic heterocycles. The molecule has 0 saturated carbocycles. The van der Waals surface area contributed by atoms with Crippen molar-refractivity contribution in [1.82, 2.24) is 10.2 Å². The standard InChI is InChI=1S/C14H22N2O/c1-4-12-6-8-13(9-7-12)14(17)16(3)11-5-10-15-2/h6-9,15H,4-5,10-11H2,1-3H3. The van der Waals surface area contributed by atoms with Crippen molar-refractivity contribution < 1.29 is 4.79 Å². The monoisotopic (exact) mass is 234 g/mol. The van der Waals surface area contributed by atoms with Crippen LogP contribution in [0, 0.1) is 0 Å². The van der Waals surface area contributed by atoms with Crippen molar-refractivity contribution in [3.05, 3.63) is 35.4 Å². The molecule has 0 unspecified atom stereocenters. The molecule has 0 bridgehead atoms. The Kier molecular flexibility index (Phi) is 5.70. The quantitative estimate of drug-likeness (QED) is 0.763. The molecule has 3 nitrogen and oxygen atoms in total. The van der Waals surface area contributed by atoms with Gasteiger partial charge in [-0.1, -0.05) is 19.1 Å². The number of hydrogen-bond donors (Lipinski definition) is 1. The summed E-state index contributed by atoms with van der Waals surface area (Å²) in [5, 5.41) is 3.08. The fraction of sp³-hybridized carbons (Fsp3) is 0.500. The highest BCUT2D eigenvalue weighted by Crippen LogP contribution is 2.07. The van der Waals surface area contributed by atoms with Crippen molar-refractivity contribution >= 4 is 5.91 Å². The van der Waals surface area contributed by atoms with Gasteiger partial charge in [-0.15, -0.1) is 0 Å². The van der Waals surface area contributed by atoms with Crippen LogP contribution < -0.4 is 5.32 Å². The number of hydrogen-bond acceptors (Lipinski definition) is 2. The SMILES string of the molecule is CCc1ccc(C(=O)N(C)CCCNC)cc1. The molecule has 0 radical (unpaired) electrons. The molecule has 0 aliphatic rings. The molecule has 0 spiro atoms. The van der Waals surface area contributed by atoms with Gasteiger partial charge >= 0.3 is 0 Å². The molecule has 3 heteroatoms. The first-order valence-electron chi connectivity index (χ1n) is 6.18. The summed E-state index contributed by atoms with van der Waals surface area (Å²) in [5.41, 5.74) is 2.04. The Morgan fingerprint density at radius 1 is 1.29 bits per heavy atom. The Morgan fingerprint density at radius 3 is 2.47 bits per heavy atom. The molecule has 0 saturated heterocycles. The summed E-state index contributed by atoms with van der Waals surface area (Å²) in [5.74, 6) is 0.101. The Labute approximate surface area is 104 Å². The van der Waals surface area contributed by atoms with Crippen molar-refractivity contribution in [2.75, 3.05) is 27.2 Å². The van der Waals surface area contributed by atoms with E-state index in [0.29, 0.717) is 0 Å². The van der Waals surface area contributed by atoms with Gasteiger partial charge in [-0.05, 0) is 44.1 Å². The summed E-state index contributed by atoms with van der Waals surface area (Å²) in [6.45, 7) is 3.84. The first-order chi connectivity index (χ1) is 8.19. The lowest BCUT2D eigenvalue weighted by molar-refractivity contribution is 0.0794. The molecular weight excluding hydrogens is 212 g/mol. The second-order valence-electron chi connectivity index (χ2n) is 4.23. The summed E-state index contributed by atoms with van der Waals surface area (Å²) < 4.78 is 0. The van der Waals surface area contributed by atoms with E-state index in [0.717, 1.165) is 31.5 Å². The van der Waals surface area contributed by atoms with Crippen LogP contribution in [0.4, 0.5) is 0 Å². The number of nitrogens with zero attached hydrogens (tertiary/aromatic N) is 1. The van der Waals surface area contributed by atoms with Crippen LogP contribution in [0.1, 0.15) is 29.3 Å². The van der Waals surface area contributed by atoms with Crippen LogP contribution in [0.2, 0.25) is 0 Å². The van der Waals surface area contributed by atoms with E-state index >= 15 is 0 Å². The highest BCUT2D eigenvalue weighted by Gasteiger charge is 2.10. The molecule has 1 aromatic carbocycles. The Balaban J connectivity index is 2.55. The van der Waals surface area contributed by atoms with E-state index in [1.807, 2.05) is 38.4 Å². The predicted octanol–water partition coefficient (Wildman–Crippen LogP) is 1.93. The summed E-state index contributed by atoms with van der Waals surface area (Å²) in [6.07, 6.45) is 1.98. The maximum atomic E-state index is 12.0. The maximum absolute atomic E-state index is 12.0. The fourth-order valence-electron chi connectivity index (χ4n) is 1.70. The Morgan fingerprint density at radius 2 is 1.94 bits per heavy atom. The molecule has 1 aromatic rings. The molecule has 1 N–H and O–H groups in total. The fourth-order valence-corrected chi connectivity index (χ4v) is 1.70. The normalized spacial score (nSPS) is 10.3. The molecule has 17 heavy (non-hydrogen) atoms. The number of aryl methyl sites for hydroxylation is 1. The summed E-state index contributed by atoms with van der Waals surface area (Å²) in [4.78, 5) is 13.8. The van der Waals surface area contributed by atoms with Gasteiger partial charge in [-0.25, -0.2) is 0 Å². The third-order valence-corrected chi connectivity index (χ3v) is 2.88. The molecule has 0 fully saturated rings. The molecule has 1 amide bonds. The minimum atomic E-state index is 0.101. The first kappa shape index (κ1) is 13.7. The van der Waals surface area contributed by atoms with Crippen molar-refractivity contribution in [3.8, 4) is 0 Å². The number of carbonyl (C=O) groups excluding carboxylic acids is 1. The van der Waals surface area contributed by atoms with Gasteiger partial charge < -0.3 is 10.2 Å². The topological polar surface area (TPSA) is 32.3 Å². The van der Waals surface area contributed by atoms with Gasteiger partial charge in [0.25, 0.3) is 5.91 Å². The van der Waals surface area contributed by atoms with Crippen LogP contribution in [0.25, 0.3) is 0 Å². The third kappa shape index (κ3) is 4.19. The van der Waals surface area contributed by atoms with Crippen LogP contribution in [-0.4, -0.2) is 38.0 Å². The minimum Gasteiger partial charge on any atom is -0.342 e. The van der Waals surface area contributed by atoms with E-state index in [2.05, 4.69) is 12.2 Å². The lowest BCUT2D eigenvalue weighted by atomic mass is 10.1. The largest absolute Gasteiger partial charge is 0.342 e. The minimum absolute atomic E-state index is 0.101. The van der Waals surface area contributed by atoms with E-state index in [1.54, 1.807) is 4.90 Å². The first-order valence-corrected chi connectivity index (χ1v) is 6.18. The van der Waals surface area contributed by atoms with Gasteiger partial charge in [-0.2, -0.15) is 0 Å². The average Bonchev–Trinajstić information content (AvgIpc) is 2.38. The van der Waals surface area contributed by atoms with Gasteiger partial charge in [0.1, 0.15) is 0 Å². The lowest BCUT2D eigenvalue weighted by Crippen LogP contribution is -2.29. The lowest BCUT2D eigenvalue weighted by Gasteiger charge is -2.17. The van der Waals surface area contributed by atoms with Gasteiger partial charge in [0.05, 0.1) is 0 Å². The van der Waals surface area contributed by atoms with Crippen molar-refractivity contribution in [2.24, 2.45) is 0 Å². The molecule has 0 atom stereocenters. The van der Waals surface area contributed by atoms with Gasteiger partial charge in [0, 0.05) is 19.2 Å². The zero-order valence-electron chi connectivity index (χ0n) is 11.0. The highest BCUT2D eigenvalue weighted by molar-refractivity contribution is 5.94. The molecule has 94 valence electrons. The summed E-state index contributed by atoms with van der Waals surface area (Å²) >= 11 is 0. The molecule has 1 rings (SSSR count). The van der Waals surface area contributed by atoms with Crippen molar-refractivity contribution in [3.63, 3.8) is 0 Å². The van der Waals surface area contributed by atoms with Gasteiger partial charge in [0.15, 0.2) is 0 Å². The number of rotatable bonds is 6. The van der Waals surface area contributed by atoms with Gasteiger partial charge in [0.2, 0.25) is 0 Å². The predicted molar refractivity (Wildman–Crippen MR) is 71.3 cm³/mol. The smallest absolute Gasteiger partial charge is 0.253 e. The van der Waals surface area contributed by atoms with Gasteiger partial charge in [-0.3, -0.25) is 4.79 Å². The third-order valence-electron chi connectivity index (χ3n) is 2.88. The zero-order valence-corrected chi connectivity index (χ0v) is 11.0. The van der Waals surface area contributed by atoms with Crippen LogP contribution in [0.15, 0.2) is 24.3 Å². The Bertz CT molecular complexity index is 346. The average molecular weight is 234 g/mol. The van der Waals surface area contributed by atoms with Crippen molar-refractivity contribution in [2.45, 2.75) is 19.8 Å². The van der Waals surface area contributed by atoms with Crippen LogP contribution in [0.3, 0.4) is 0 Å². The molecular formula is C14H22N2O.